The minimum Gasteiger partial charge on any atom is -0.508 e. The summed E-state index contributed by atoms with van der Waals surface area (Å²) in [5, 5.41) is 17.3. The topological polar surface area (TPSA) is 63.0 Å². The number of benzene rings is 2. The molecule has 2 N–H and O–H groups in total. The number of hydrogen-bond acceptors (Lipinski definition) is 4. The molecule has 0 atom stereocenters. The van der Waals surface area contributed by atoms with E-state index in [0.717, 1.165) is 16.6 Å². The second-order valence-electron chi connectivity index (χ2n) is 3.99. The molecule has 1 aromatic heterocycles. The fraction of sp³-hybridized carbons (Fsp3) is 0.0769. The maximum absolute atomic E-state index is 9.20. The van der Waals surface area contributed by atoms with Gasteiger partial charge in [0.05, 0.1) is 6.54 Å². The van der Waals surface area contributed by atoms with Gasteiger partial charge in [0.1, 0.15) is 16.8 Å². The predicted octanol–water partition coefficient (Wildman–Crippen LogP) is 1.88. The summed E-state index contributed by atoms with van der Waals surface area (Å²) in [6.07, 6.45) is 0. The number of phenols is 1. The number of rotatable bonds is 3. The minimum absolute atomic E-state index is 0.268. The van der Waals surface area contributed by atoms with Crippen LogP contribution in [0.3, 0.4) is 0 Å². The zero-order valence-electron chi connectivity index (χ0n) is 9.61. The van der Waals surface area contributed by atoms with Gasteiger partial charge in [-0.25, -0.2) is 0 Å². The van der Waals surface area contributed by atoms with E-state index < -0.39 is 0 Å². The molecule has 2 aromatic carbocycles. The van der Waals surface area contributed by atoms with Crippen molar-refractivity contribution in [2.24, 2.45) is 0 Å². The smallest absolute Gasteiger partial charge is 0.115 e. The Bertz CT molecular complexity index is 660. The molecule has 0 saturated heterocycles. The Morgan fingerprint density at radius 3 is 2.67 bits per heavy atom. The highest BCUT2D eigenvalue weighted by atomic mass is 16.3. The number of aromatic hydroxyl groups is 1. The molecule has 0 amide bonds. The van der Waals surface area contributed by atoms with E-state index in [1.807, 2.05) is 36.4 Å². The zero-order chi connectivity index (χ0) is 12.4. The molecule has 0 aliphatic rings. The molecule has 0 fully saturated rings. The molecule has 0 radical (unpaired) electrons. The first-order valence-corrected chi connectivity index (χ1v) is 5.65. The number of hydrogen-bond donors (Lipinski definition) is 2. The first kappa shape index (κ1) is 10.6. The summed E-state index contributed by atoms with van der Waals surface area (Å²) in [5.41, 5.74) is 6.03. The first-order valence-electron chi connectivity index (χ1n) is 5.65. The molecule has 1 heterocycles. The van der Waals surface area contributed by atoms with Crippen molar-refractivity contribution in [2.75, 3.05) is 5.43 Å². The molecule has 0 aliphatic heterocycles. The molecule has 0 aliphatic carbocycles. The molecule has 0 unspecified atom stereocenters. The maximum Gasteiger partial charge on any atom is 0.115 e. The van der Waals surface area contributed by atoms with Crippen LogP contribution in [0.25, 0.3) is 11.0 Å². The molecule has 18 heavy (non-hydrogen) atoms. The molecule has 0 spiro atoms. The quantitative estimate of drug-likeness (QED) is 0.733. The van der Waals surface area contributed by atoms with E-state index in [2.05, 4.69) is 15.7 Å². The third-order valence-corrected chi connectivity index (χ3v) is 2.72. The van der Waals surface area contributed by atoms with Crippen LogP contribution in [0.15, 0.2) is 48.5 Å². The lowest BCUT2D eigenvalue weighted by molar-refractivity contribution is 0.475. The summed E-state index contributed by atoms with van der Waals surface area (Å²) < 4.78 is 0. The van der Waals surface area contributed by atoms with Crippen LogP contribution in [-0.4, -0.2) is 20.2 Å². The Labute approximate surface area is 104 Å². The third kappa shape index (κ3) is 1.98. The summed E-state index contributed by atoms with van der Waals surface area (Å²) in [5.74, 6) is 0.268. The average Bonchev–Trinajstić information content (AvgIpc) is 2.82. The van der Waals surface area contributed by atoms with Gasteiger partial charge in [0, 0.05) is 0 Å². The molecule has 3 rings (SSSR count). The molecule has 0 bridgehead atoms. The lowest BCUT2D eigenvalue weighted by atomic mass is 10.2. The van der Waals surface area contributed by atoms with Crippen molar-refractivity contribution >= 4 is 11.0 Å². The van der Waals surface area contributed by atoms with Crippen LogP contribution >= 0.6 is 0 Å². The van der Waals surface area contributed by atoms with E-state index in [9.17, 15) is 5.11 Å². The Morgan fingerprint density at radius 1 is 1.06 bits per heavy atom. The van der Waals surface area contributed by atoms with Gasteiger partial charge in [0.25, 0.3) is 0 Å². The Hall–Kier alpha value is -2.56. The standard InChI is InChI=1S/C13H12N4O/c18-11-7-5-10(6-8-11)9-14-17-13-4-2-1-3-12(13)15-16-17/h1-8,14,18H,9H2. The van der Waals surface area contributed by atoms with Crippen LogP contribution in [-0.2, 0) is 6.54 Å². The fourth-order valence-electron chi connectivity index (χ4n) is 1.77. The zero-order valence-corrected chi connectivity index (χ0v) is 9.61. The van der Waals surface area contributed by atoms with Gasteiger partial charge in [-0.15, -0.1) is 5.10 Å². The Kier molecular flexibility index (Phi) is 2.57. The van der Waals surface area contributed by atoms with Crippen LogP contribution in [0, 0.1) is 0 Å². The van der Waals surface area contributed by atoms with Crippen LogP contribution in [0.5, 0.6) is 5.75 Å². The van der Waals surface area contributed by atoms with Crippen LogP contribution in [0.2, 0.25) is 0 Å². The number of nitrogens with zero attached hydrogens (tertiary/aromatic N) is 3. The van der Waals surface area contributed by atoms with Crippen molar-refractivity contribution in [1.82, 2.24) is 15.1 Å². The summed E-state index contributed by atoms with van der Waals surface area (Å²) in [6, 6.07) is 14.8. The van der Waals surface area contributed by atoms with E-state index in [1.165, 1.54) is 0 Å². The number of nitrogens with one attached hydrogen (secondary N) is 1. The summed E-state index contributed by atoms with van der Waals surface area (Å²) in [6.45, 7) is 0.619. The third-order valence-electron chi connectivity index (χ3n) is 2.72. The summed E-state index contributed by atoms with van der Waals surface area (Å²) in [4.78, 5) is 1.65. The Morgan fingerprint density at radius 2 is 1.83 bits per heavy atom. The SMILES string of the molecule is Oc1ccc(CNn2nnc3ccccc32)cc1. The van der Waals surface area contributed by atoms with Crippen molar-refractivity contribution in [1.29, 1.82) is 0 Å². The van der Waals surface area contributed by atoms with Gasteiger partial charge in [-0.05, 0) is 35.0 Å². The van der Waals surface area contributed by atoms with Crippen LogP contribution in [0.4, 0.5) is 0 Å². The fourth-order valence-corrected chi connectivity index (χ4v) is 1.77. The van der Waals surface area contributed by atoms with Gasteiger partial charge in [-0.1, -0.05) is 24.3 Å². The molecule has 5 nitrogen and oxygen atoms in total. The van der Waals surface area contributed by atoms with Crippen LogP contribution < -0.4 is 5.43 Å². The lowest BCUT2D eigenvalue weighted by Crippen LogP contribution is -2.15. The number of fused-ring (bicyclic) bond motifs is 1. The monoisotopic (exact) mass is 240 g/mol. The van der Waals surface area contributed by atoms with E-state index in [4.69, 9.17) is 0 Å². The second-order valence-corrected chi connectivity index (χ2v) is 3.99. The Balaban J connectivity index is 1.79. The molecule has 5 heteroatoms. The minimum atomic E-state index is 0.268. The van der Waals surface area contributed by atoms with Gasteiger partial charge < -0.3 is 10.5 Å². The van der Waals surface area contributed by atoms with Crippen molar-refractivity contribution in [3.8, 4) is 5.75 Å². The van der Waals surface area contributed by atoms with Gasteiger partial charge in [-0.2, -0.15) is 4.79 Å². The highest BCUT2D eigenvalue weighted by Crippen LogP contribution is 2.11. The van der Waals surface area contributed by atoms with E-state index in [-0.39, 0.29) is 5.75 Å². The van der Waals surface area contributed by atoms with Crippen molar-refractivity contribution < 1.29 is 5.11 Å². The molecule has 3 aromatic rings. The largest absolute Gasteiger partial charge is 0.508 e. The van der Waals surface area contributed by atoms with E-state index in [1.54, 1.807) is 16.9 Å². The molecular formula is C13H12N4O. The summed E-state index contributed by atoms with van der Waals surface area (Å²) in [7, 11) is 0. The van der Waals surface area contributed by atoms with Crippen molar-refractivity contribution in [2.45, 2.75) is 6.54 Å². The number of phenolic OH excluding ortho intramolecular Hbond substituents is 1. The normalized spacial score (nSPS) is 10.7. The van der Waals surface area contributed by atoms with Gasteiger partial charge >= 0.3 is 0 Å². The maximum atomic E-state index is 9.20. The van der Waals surface area contributed by atoms with Crippen molar-refractivity contribution in [3.05, 3.63) is 54.1 Å². The van der Waals surface area contributed by atoms with Gasteiger partial charge in [0.2, 0.25) is 0 Å². The van der Waals surface area contributed by atoms with E-state index in [0.29, 0.717) is 6.54 Å². The lowest BCUT2D eigenvalue weighted by Gasteiger charge is -2.06. The number of para-hydroxylation sites is 1. The van der Waals surface area contributed by atoms with Crippen molar-refractivity contribution in [3.63, 3.8) is 0 Å². The van der Waals surface area contributed by atoms with E-state index >= 15 is 0 Å². The first-order chi connectivity index (χ1) is 8.83. The second kappa shape index (κ2) is 4.37. The average molecular weight is 240 g/mol. The molecule has 0 saturated carbocycles. The highest BCUT2D eigenvalue weighted by molar-refractivity contribution is 5.74. The van der Waals surface area contributed by atoms with Crippen LogP contribution in [0.1, 0.15) is 5.56 Å². The molecular weight excluding hydrogens is 228 g/mol. The van der Waals surface area contributed by atoms with Gasteiger partial charge in [0.15, 0.2) is 0 Å². The van der Waals surface area contributed by atoms with Gasteiger partial charge in [-0.3, -0.25) is 0 Å². The summed E-state index contributed by atoms with van der Waals surface area (Å²) >= 11 is 0. The molecule has 90 valence electrons. The highest BCUT2D eigenvalue weighted by Gasteiger charge is 2.02. The predicted molar refractivity (Wildman–Crippen MR) is 68.7 cm³/mol. The number of aromatic nitrogens is 3.